The van der Waals surface area contributed by atoms with Crippen LogP contribution in [-0.2, 0) is 28.4 Å². The molecule has 3 aromatic rings. The van der Waals surface area contributed by atoms with Crippen LogP contribution in [0.25, 0.3) is 26.6 Å². The lowest BCUT2D eigenvalue weighted by Gasteiger charge is -2.11. The van der Waals surface area contributed by atoms with Gasteiger partial charge in [-0.2, -0.15) is 0 Å². The van der Waals surface area contributed by atoms with Gasteiger partial charge < -0.3 is 39.1 Å². The summed E-state index contributed by atoms with van der Waals surface area (Å²) >= 11 is 0. The number of H-pyrrole nitrogens is 2. The van der Waals surface area contributed by atoms with Crippen molar-refractivity contribution in [2.75, 3.05) is 110 Å². The van der Waals surface area contributed by atoms with Gasteiger partial charge in [0.05, 0.1) is 90.7 Å². The molecule has 0 unspecified atom stereocenters. The Labute approximate surface area is 340 Å². The normalized spacial score (nSPS) is 11.7. The molecule has 0 fully saturated rings. The van der Waals surface area contributed by atoms with Gasteiger partial charge in [-0.25, -0.2) is 38.8 Å². The molecule has 1 aliphatic heterocycles. The minimum absolute atomic E-state index is 0.288. The number of hydrogen-bond acceptors (Lipinski definition) is 14. The highest BCUT2D eigenvalue weighted by atomic mass is 16.5. The van der Waals surface area contributed by atoms with Gasteiger partial charge in [0.15, 0.2) is 0 Å². The molecule has 0 spiro atoms. The SMILES string of the molecule is [N-]=[N+]=NCCOCCOCCOCCNC(=O)c1ccc(-n2c(=O)[nH][nH]c2=O)cc1.[N-]=[N+]=NCCOCCOCCOCCNC(=O)c1ccc(N2C(=O)N=NC2=O)cc1. The highest BCUT2D eigenvalue weighted by Crippen LogP contribution is 2.21. The molecule has 322 valence electrons. The fourth-order valence-electron chi connectivity index (χ4n) is 4.61. The van der Waals surface area contributed by atoms with Crippen LogP contribution in [-0.4, -0.2) is 144 Å². The number of carbonyl (C=O) groups is 4. The van der Waals surface area contributed by atoms with Gasteiger partial charge in [0.25, 0.3) is 11.8 Å². The number of rotatable bonds is 28. The molecular formula is C34H44N14O12. The first-order valence-corrected chi connectivity index (χ1v) is 18.2. The molecule has 0 atom stereocenters. The van der Waals surface area contributed by atoms with Crippen molar-refractivity contribution >= 4 is 29.6 Å². The summed E-state index contributed by atoms with van der Waals surface area (Å²) in [5, 5.41) is 22.8. The number of nitrogens with zero attached hydrogens (tertiary/aromatic N) is 10. The van der Waals surface area contributed by atoms with Crippen LogP contribution in [0.3, 0.4) is 0 Å². The molecule has 0 saturated heterocycles. The fourth-order valence-corrected chi connectivity index (χ4v) is 4.61. The third-order valence-electron chi connectivity index (χ3n) is 7.41. The number of azide groups is 2. The van der Waals surface area contributed by atoms with Crippen LogP contribution in [0.5, 0.6) is 0 Å². The van der Waals surface area contributed by atoms with E-state index in [2.05, 4.69) is 51.1 Å². The number of ether oxygens (including phenoxy) is 6. The summed E-state index contributed by atoms with van der Waals surface area (Å²) in [6.45, 7) is 5.72. The summed E-state index contributed by atoms with van der Waals surface area (Å²) in [5.74, 6) is -0.609. The summed E-state index contributed by atoms with van der Waals surface area (Å²) in [6.07, 6.45) is 0. The minimum atomic E-state index is -0.767. The van der Waals surface area contributed by atoms with E-state index in [9.17, 15) is 28.8 Å². The quantitative estimate of drug-likeness (QED) is 0.0354. The second-order valence-corrected chi connectivity index (χ2v) is 11.5. The maximum absolute atomic E-state index is 12.1. The van der Waals surface area contributed by atoms with Gasteiger partial charge in [-0.1, -0.05) is 20.5 Å². The van der Waals surface area contributed by atoms with Crippen molar-refractivity contribution in [1.29, 1.82) is 0 Å². The molecule has 2 heterocycles. The van der Waals surface area contributed by atoms with E-state index in [1.165, 1.54) is 48.5 Å². The second kappa shape index (κ2) is 28.6. The Morgan fingerprint density at radius 3 is 1.28 bits per heavy atom. The smallest absolute Gasteiger partial charge is 0.375 e. The molecule has 4 N–H and O–H groups in total. The highest BCUT2D eigenvalue weighted by Gasteiger charge is 2.29. The summed E-state index contributed by atoms with van der Waals surface area (Å²) in [6, 6.07) is 10.4. The lowest BCUT2D eigenvalue weighted by atomic mass is 10.2. The van der Waals surface area contributed by atoms with Crippen LogP contribution >= 0.6 is 0 Å². The van der Waals surface area contributed by atoms with Crippen LogP contribution in [0.2, 0.25) is 0 Å². The Balaban J connectivity index is 0.000000320. The van der Waals surface area contributed by atoms with Crippen molar-refractivity contribution < 1.29 is 47.6 Å². The molecule has 0 aliphatic carbocycles. The Hall–Kier alpha value is -6.76. The van der Waals surface area contributed by atoms with E-state index in [4.69, 9.17) is 39.5 Å². The van der Waals surface area contributed by atoms with Crippen LogP contribution in [0.15, 0.2) is 78.6 Å². The number of benzene rings is 2. The lowest BCUT2D eigenvalue weighted by Crippen LogP contribution is -2.29. The third kappa shape index (κ3) is 17.8. The van der Waals surface area contributed by atoms with E-state index >= 15 is 0 Å². The first-order chi connectivity index (χ1) is 29.3. The van der Waals surface area contributed by atoms with Gasteiger partial charge >= 0.3 is 23.4 Å². The number of hydrogen-bond donors (Lipinski definition) is 4. The number of aromatic amines is 2. The Morgan fingerprint density at radius 1 is 0.550 bits per heavy atom. The zero-order chi connectivity index (χ0) is 43.2. The monoisotopic (exact) mass is 840 g/mol. The van der Waals surface area contributed by atoms with Gasteiger partial charge in [0.1, 0.15) is 0 Å². The lowest BCUT2D eigenvalue weighted by molar-refractivity contribution is 0.0166. The highest BCUT2D eigenvalue weighted by molar-refractivity contribution is 6.17. The van der Waals surface area contributed by atoms with Gasteiger partial charge in [-0.3, -0.25) is 9.59 Å². The molecule has 0 bridgehead atoms. The zero-order valence-corrected chi connectivity index (χ0v) is 32.3. The van der Waals surface area contributed by atoms with Gasteiger partial charge in [-0.15, -0.1) is 0 Å². The number of anilines is 1. The standard InChI is InChI=1S/C17H23N7O6.C17H21N7O6/c2*18-23-20-6-8-29-10-12-30-11-9-28-7-5-19-15(25)13-1-3-14(4-2-13)24-16(26)21-22-17(24)27/h1-4H,5-12H2,(H,19,25)(H,21,26)(H,22,27);1-4H,5-12H2,(H,19,25). The summed E-state index contributed by atoms with van der Waals surface area (Å²) in [4.78, 5) is 76.3. The maximum Gasteiger partial charge on any atom is 0.375 e. The second-order valence-electron chi connectivity index (χ2n) is 11.5. The van der Waals surface area contributed by atoms with Crippen LogP contribution in [0.4, 0.5) is 15.3 Å². The molecular weight excluding hydrogens is 796 g/mol. The molecule has 26 nitrogen and oxygen atoms in total. The maximum atomic E-state index is 12.1. The Bertz CT molecular complexity index is 1990. The number of amides is 6. The number of nitrogens with one attached hydrogen (secondary N) is 4. The van der Waals surface area contributed by atoms with E-state index < -0.39 is 23.4 Å². The van der Waals surface area contributed by atoms with E-state index in [0.29, 0.717) is 122 Å². The number of carbonyl (C=O) groups excluding carboxylic acids is 4. The third-order valence-corrected chi connectivity index (χ3v) is 7.41. The van der Waals surface area contributed by atoms with Crippen LogP contribution in [0.1, 0.15) is 20.7 Å². The fraction of sp³-hybridized carbons (Fsp3) is 0.471. The van der Waals surface area contributed by atoms with E-state index in [1.54, 1.807) is 0 Å². The molecule has 6 amide bonds. The van der Waals surface area contributed by atoms with Crippen molar-refractivity contribution in [3.63, 3.8) is 0 Å². The van der Waals surface area contributed by atoms with Crippen LogP contribution < -0.4 is 26.9 Å². The molecule has 4 rings (SSSR count). The first-order valence-electron chi connectivity index (χ1n) is 18.2. The van der Waals surface area contributed by atoms with Crippen molar-refractivity contribution in [3.8, 4) is 5.69 Å². The topological polar surface area (TPSA) is 344 Å². The molecule has 60 heavy (non-hydrogen) atoms. The van der Waals surface area contributed by atoms with Gasteiger partial charge in [-0.05, 0) is 59.6 Å². The van der Waals surface area contributed by atoms with E-state index in [1.807, 2.05) is 0 Å². The summed E-state index contributed by atoms with van der Waals surface area (Å²) in [5.41, 5.74) is 16.4. The molecule has 0 radical (unpaired) electrons. The van der Waals surface area contributed by atoms with Gasteiger partial charge in [0, 0.05) is 47.1 Å². The molecule has 0 saturated carbocycles. The van der Waals surface area contributed by atoms with Gasteiger partial charge in [0.2, 0.25) is 0 Å². The molecule has 1 aliphatic rings. The van der Waals surface area contributed by atoms with Crippen LogP contribution in [0, 0.1) is 0 Å². The number of urea groups is 2. The molecule has 26 heteroatoms. The Morgan fingerprint density at radius 2 is 0.900 bits per heavy atom. The number of aromatic nitrogens is 3. The average Bonchev–Trinajstić information content (AvgIpc) is 3.78. The predicted octanol–water partition coefficient (Wildman–Crippen LogP) is 2.23. The first kappa shape index (κ1) is 47.6. The van der Waals surface area contributed by atoms with Crippen molar-refractivity contribution in [1.82, 2.24) is 25.4 Å². The molecule has 2 aromatic carbocycles. The van der Waals surface area contributed by atoms with Crippen molar-refractivity contribution in [3.05, 3.63) is 102 Å². The largest absolute Gasteiger partial charge is 0.379 e. The Kier molecular flexibility index (Phi) is 22.7. The predicted molar refractivity (Wildman–Crippen MR) is 209 cm³/mol. The van der Waals surface area contributed by atoms with Crippen molar-refractivity contribution in [2.24, 2.45) is 20.5 Å². The molecule has 1 aromatic heterocycles. The summed E-state index contributed by atoms with van der Waals surface area (Å²) in [7, 11) is 0. The zero-order valence-electron chi connectivity index (χ0n) is 32.3. The van der Waals surface area contributed by atoms with Crippen molar-refractivity contribution in [2.45, 2.75) is 0 Å². The minimum Gasteiger partial charge on any atom is -0.379 e. The number of imide groups is 1. The van der Waals surface area contributed by atoms with E-state index in [0.717, 1.165) is 9.47 Å². The van der Waals surface area contributed by atoms with E-state index in [-0.39, 0.29) is 17.5 Å². The summed E-state index contributed by atoms with van der Waals surface area (Å²) < 4.78 is 32.6. The number of azo groups is 1. The average molecular weight is 841 g/mol.